The molecule has 1 unspecified atom stereocenters. The van der Waals surface area contributed by atoms with Gasteiger partial charge < -0.3 is 5.32 Å². The van der Waals surface area contributed by atoms with Gasteiger partial charge in [0.25, 0.3) is 0 Å². The molecular weight excluding hydrogens is 344 g/mol. The highest BCUT2D eigenvalue weighted by Gasteiger charge is 2.26. The number of nitrogens with one attached hydrogen (secondary N) is 2. The van der Waals surface area contributed by atoms with Crippen molar-refractivity contribution in [1.29, 1.82) is 0 Å². The van der Waals surface area contributed by atoms with E-state index < -0.39 is 6.03 Å². The molecule has 4 nitrogen and oxygen atoms in total. The topological polar surface area (TPSA) is 58.2 Å². The predicted octanol–water partition coefficient (Wildman–Crippen LogP) is 3.96. The molecule has 1 aromatic carbocycles. The van der Waals surface area contributed by atoms with E-state index in [2.05, 4.69) is 26.6 Å². The zero-order valence-electron chi connectivity index (χ0n) is 12.9. The summed E-state index contributed by atoms with van der Waals surface area (Å²) in [6.07, 6.45) is 6.96. The molecule has 1 aliphatic rings. The molecule has 1 aromatic rings. The van der Waals surface area contributed by atoms with Gasteiger partial charge in [0.05, 0.1) is 5.92 Å². The fraction of sp³-hybridized carbons (Fsp3) is 0.529. The second-order valence-corrected chi connectivity index (χ2v) is 6.83. The molecule has 0 aliphatic heterocycles. The van der Waals surface area contributed by atoms with Crippen molar-refractivity contribution < 1.29 is 9.59 Å². The molecule has 1 aliphatic carbocycles. The van der Waals surface area contributed by atoms with E-state index in [0.717, 1.165) is 16.5 Å². The molecule has 1 atom stereocenters. The number of benzene rings is 1. The van der Waals surface area contributed by atoms with Crippen molar-refractivity contribution in [3.05, 3.63) is 34.3 Å². The average Bonchev–Trinajstić information content (AvgIpc) is 2.54. The monoisotopic (exact) mass is 366 g/mol. The van der Waals surface area contributed by atoms with Crippen LogP contribution in [0.15, 0.2) is 28.7 Å². The lowest BCUT2D eigenvalue weighted by Gasteiger charge is -2.26. The van der Waals surface area contributed by atoms with Crippen LogP contribution < -0.4 is 10.6 Å². The minimum atomic E-state index is -0.448. The average molecular weight is 367 g/mol. The molecule has 2 rings (SSSR count). The second kappa shape index (κ2) is 8.32. The van der Waals surface area contributed by atoms with Gasteiger partial charge in [0.15, 0.2) is 0 Å². The summed E-state index contributed by atoms with van der Waals surface area (Å²) in [5.74, 6) is 0.0820. The lowest BCUT2D eigenvalue weighted by molar-refractivity contribution is -0.121. The Morgan fingerprint density at radius 2 is 1.82 bits per heavy atom. The van der Waals surface area contributed by atoms with Gasteiger partial charge >= 0.3 is 6.03 Å². The lowest BCUT2D eigenvalue weighted by atomic mass is 9.80. The maximum Gasteiger partial charge on any atom is 0.321 e. The fourth-order valence-electron chi connectivity index (χ4n) is 3.11. The van der Waals surface area contributed by atoms with Crippen LogP contribution in [0.2, 0.25) is 0 Å². The molecule has 120 valence electrons. The van der Waals surface area contributed by atoms with Crippen LogP contribution in [-0.4, -0.2) is 19.0 Å². The highest BCUT2D eigenvalue weighted by Crippen LogP contribution is 2.33. The number of carbonyl (C=O) groups excluding carboxylic acids is 2. The number of rotatable bonds is 4. The fourth-order valence-corrected chi connectivity index (χ4v) is 3.37. The molecule has 0 radical (unpaired) electrons. The number of halogens is 1. The van der Waals surface area contributed by atoms with Crippen molar-refractivity contribution in [2.75, 3.05) is 7.05 Å². The minimum absolute atomic E-state index is 0.216. The highest BCUT2D eigenvalue weighted by atomic mass is 79.9. The zero-order valence-corrected chi connectivity index (χ0v) is 14.5. The van der Waals surface area contributed by atoms with E-state index in [1.807, 2.05) is 24.3 Å². The summed E-state index contributed by atoms with van der Waals surface area (Å²) in [7, 11) is 1.51. The Bertz CT molecular complexity index is 510. The van der Waals surface area contributed by atoms with E-state index in [9.17, 15) is 9.59 Å². The molecule has 1 saturated carbocycles. The third kappa shape index (κ3) is 4.83. The van der Waals surface area contributed by atoms with E-state index in [-0.39, 0.29) is 11.8 Å². The molecule has 0 bridgehead atoms. The van der Waals surface area contributed by atoms with Crippen LogP contribution in [0, 0.1) is 5.92 Å². The van der Waals surface area contributed by atoms with Gasteiger partial charge in [0.1, 0.15) is 0 Å². The molecule has 0 spiro atoms. The van der Waals surface area contributed by atoms with Gasteiger partial charge in [0, 0.05) is 11.5 Å². The van der Waals surface area contributed by atoms with Crippen molar-refractivity contribution in [3.8, 4) is 0 Å². The van der Waals surface area contributed by atoms with E-state index in [1.165, 1.54) is 39.2 Å². The summed E-state index contributed by atoms with van der Waals surface area (Å²) in [4.78, 5) is 23.9. The molecule has 3 amide bonds. The summed E-state index contributed by atoms with van der Waals surface area (Å²) in [6.45, 7) is 0. The number of hydrogen-bond donors (Lipinski definition) is 2. The van der Waals surface area contributed by atoms with Crippen molar-refractivity contribution in [1.82, 2.24) is 10.6 Å². The van der Waals surface area contributed by atoms with E-state index in [0.29, 0.717) is 5.92 Å². The summed E-state index contributed by atoms with van der Waals surface area (Å²) in [5.41, 5.74) is 0.968. The molecule has 0 heterocycles. The third-order valence-corrected chi connectivity index (χ3v) is 4.88. The Labute approximate surface area is 140 Å². The Balaban J connectivity index is 2.13. The first-order valence-corrected chi connectivity index (χ1v) is 8.67. The van der Waals surface area contributed by atoms with Gasteiger partial charge in [-0.25, -0.2) is 4.79 Å². The van der Waals surface area contributed by atoms with E-state index in [4.69, 9.17) is 0 Å². The van der Waals surface area contributed by atoms with Crippen molar-refractivity contribution >= 4 is 27.9 Å². The van der Waals surface area contributed by atoms with E-state index in [1.54, 1.807) is 0 Å². The van der Waals surface area contributed by atoms with Gasteiger partial charge in [0.2, 0.25) is 5.91 Å². The second-order valence-electron chi connectivity index (χ2n) is 5.91. The van der Waals surface area contributed by atoms with Crippen molar-refractivity contribution in [2.45, 2.75) is 44.4 Å². The van der Waals surface area contributed by atoms with Gasteiger partial charge in [-0.1, -0.05) is 60.2 Å². The number of urea groups is 1. The zero-order chi connectivity index (χ0) is 15.9. The lowest BCUT2D eigenvalue weighted by Crippen LogP contribution is -2.40. The number of amides is 3. The van der Waals surface area contributed by atoms with Crippen molar-refractivity contribution in [2.24, 2.45) is 5.92 Å². The first-order valence-electron chi connectivity index (χ1n) is 7.88. The van der Waals surface area contributed by atoms with Crippen LogP contribution >= 0.6 is 15.9 Å². The van der Waals surface area contributed by atoms with Gasteiger partial charge in [-0.05, 0) is 30.0 Å². The summed E-state index contributed by atoms with van der Waals surface area (Å²) >= 11 is 3.42. The smallest absolute Gasteiger partial charge is 0.321 e. The molecule has 2 N–H and O–H groups in total. The first kappa shape index (κ1) is 17.0. The largest absolute Gasteiger partial charge is 0.341 e. The number of carbonyl (C=O) groups is 2. The molecular formula is C17H23BrN2O2. The van der Waals surface area contributed by atoms with Gasteiger partial charge in [-0.2, -0.15) is 0 Å². The molecule has 5 heteroatoms. The number of imide groups is 1. The Kier molecular flexibility index (Phi) is 6.43. The predicted molar refractivity (Wildman–Crippen MR) is 90.7 cm³/mol. The van der Waals surface area contributed by atoms with Crippen LogP contribution in [0.5, 0.6) is 0 Å². The number of hydrogen-bond acceptors (Lipinski definition) is 2. The molecule has 1 fully saturated rings. The van der Waals surface area contributed by atoms with Crippen LogP contribution in [0.1, 0.15) is 50.0 Å². The molecule has 22 heavy (non-hydrogen) atoms. The van der Waals surface area contributed by atoms with Crippen LogP contribution in [0.3, 0.4) is 0 Å². The maximum absolute atomic E-state index is 12.5. The van der Waals surface area contributed by atoms with Crippen LogP contribution in [-0.2, 0) is 4.79 Å². The minimum Gasteiger partial charge on any atom is -0.341 e. The Hall–Kier alpha value is -1.36. The van der Waals surface area contributed by atoms with E-state index >= 15 is 0 Å². The summed E-state index contributed by atoms with van der Waals surface area (Å²) in [6, 6.07) is 7.35. The van der Waals surface area contributed by atoms with Gasteiger partial charge in [-0.3, -0.25) is 10.1 Å². The quantitative estimate of drug-likeness (QED) is 0.846. The maximum atomic E-state index is 12.5. The Morgan fingerprint density at radius 1 is 1.18 bits per heavy atom. The molecule has 0 saturated heterocycles. The summed E-state index contributed by atoms with van der Waals surface area (Å²) in [5, 5.41) is 4.87. The van der Waals surface area contributed by atoms with Crippen molar-refractivity contribution in [3.63, 3.8) is 0 Å². The van der Waals surface area contributed by atoms with Crippen LogP contribution in [0.4, 0.5) is 4.79 Å². The summed E-state index contributed by atoms with van der Waals surface area (Å²) < 4.78 is 0.986. The molecule has 0 aromatic heterocycles. The SMILES string of the molecule is CNC(=O)NC(=O)C(CC1CCCCC1)c1ccc(Br)cc1. The van der Waals surface area contributed by atoms with Gasteiger partial charge in [-0.15, -0.1) is 0 Å². The standard InChI is InChI=1S/C17H23BrN2O2/c1-19-17(22)20-16(21)15(11-12-5-3-2-4-6-12)13-7-9-14(18)10-8-13/h7-10,12,15H,2-6,11H2,1H3,(H2,19,20,21,22). The highest BCUT2D eigenvalue weighted by molar-refractivity contribution is 9.10. The first-order chi connectivity index (χ1) is 10.6. The Morgan fingerprint density at radius 3 is 2.41 bits per heavy atom. The third-order valence-electron chi connectivity index (χ3n) is 4.35. The van der Waals surface area contributed by atoms with Crippen LogP contribution in [0.25, 0.3) is 0 Å². The normalized spacial score (nSPS) is 16.8.